The third-order valence-corrected chi connectivity index (χ3v) is 5.88. The molecule has 6 nitrogen and oxygen atoms in total. The van der Waals surface area contributed by atoms with Gasteiger partial charge in [0.15, 0.2) is 0 Å². The van der Waals surface area contributed by atoms with Crippen molar-refractivity contribution in [2.24, 2.45) is 0 Å². The Bertz CT molecular complexity index is 711. The second kappa shape index (κ2) is 7.71. The maximum atomic E-state index is 12.9. The highest BCUT2D eigenvalue weighted by Crippen LogP contribution is 2.26. The van der Waals surface area contributed by atoms with E-state index in [9.17, 15) is 14.4 Å². The lowest BCUT2D eigenvalue weighted by Gasteiger charge is -2.39. The molecule has 2 saturated heterocycles. The molecule has 0 bridgehead atoms. The number of nitrogens with one attached hydrogen (secondary N) is 1. The monoisotopic (exact) mass is 371 g/mol. The van der Waals surface area contributed by atoms with Crippen LogP contribution in [0.1, 0.15) is 52.0 Å². The van der Waals surface area contributed by atoms with E-state index in [1.54, 1.807) is 6.92 Å². The van der Waals surface area contributed by atoms with Crippen molar-refractivity contribution < 1.29 is 14.4 Å². The molecule has 2 heterocycles. The molecule has 0 aromatic heterocycles. The largest absolute Gasteiger partial charge is 0.336 e. The molecule has 27 heavy (non-hydrogen) atoms. The van der Waals surface area contributed by atoms with Crippen LogP contribution in [0.3, 0.4) is 0 Å². The molecule has 3 rings (SSSR count). The zero-order valence-electron chi connectivity index (χ0n) is 16.4. The second-order valence-electron chi connectivity index (χ2n) is 8.07. The molecular formula is C21H29N3O3. The van der Waals surface area contributed by atoms with Crippen molar-refractivity contribution in [3.63, 3.8) is 0 Å². The van der Waals surface area contributed by atoms with E-state index < -0.39 is 11.6 Å². The van der Waals surface area contributed by atoms with Crippen LogP contribution >= 0.6 is 0 Å². The summed E-state index contributed by atoms with van der Waals surface area (Å²) in [5.41, 5.74) is 0.151. The molecule has 3 atom stereocenters. The van der Waals surface area contributed by atoms with Gasteiger partial charge in [0.05, 0.1) is 0 Å². The number of likely N-dealkylation sites (tertiary alicyclic amines) is 1. The number of amides is 4. The normalized spacial score (nSPS) is 28.4. The first-order chi connectivity index (χ1) is 12.8. The van der Waals surface area contributed by atoms with E-state index in [0.717, 1.165) is 29.7 Å². The van der Waals surface area contributed by atoms with Gasteiger partial charge >= 0.3 is 6.03 Å². The smallest absolute Gasteiger partial charge is 0.325 e. The van der Waals surface area contributed by atoms with Gasteiger partial charge in [-0.3, -0.25) is 14.5 Å². The van der Waals surface area contributed by atoms with Gasteiger partial charge < -0.3 is 10.2 Å². The maximum Gasteiger partial charge on any atom is 0.325 e. The van der Waals surface area contributed by atoms with Crippen LogP contribution in [-0.2, 0) is 16.0 Å². The molecule has 1 aromatic carbocycles. The zero-order chi connectivity index (χ0) is 19.6. The van der Waals surface area contributed by atoms with Crippen LogP contribution < -0.4 is 5.32 Å². The molecule has 0 spiro atoms. The van der Waals surface area contributed by atoms with Gasteiger partial charge in [-0.15, -0.1) is 0 Å². The predicted octanol–water partition coefficient (Wildman–Crippen LogP) is 2.72. The minimum Gasteiger partial charge on any atom is -0.336 e. The van der Waals surface area contributed by atoms with Crippen molar-refractivity contribution in [1.82, 2.24) is 15.1 Å². The highest BCUT2D eigenvalue weighted by Gasteiger charge is 2.48. The van der Waals surface area contributed by atoms with Gasteiger partial charge in [-0.25, -0.2) is 4.79 Å². The fraction of sp³-hybridized carbons (Fsp3) is 0.571. The van der Waals surface area contributed by atoms with E-state index in [1.807, 2.05) is 49.1 Å². The molecule has 6 heteroatoms. The van der Waals surface area contributed by atoms with E-state index in [4.69, 9.17) is 0 Å². The number of imide groups is 1. The average molecular weight is 371 g/mol. The lowest BCUT2D eigenvalue weighted by Crippen LogP contribution is -2.52. The third kappa shape index (κ3) is 3.99. The average Bonchev–Trinajstić information content (AvgIpc) is 2.84. The molecule has 1 aromatic rings. The quantitative estimate of drug-likeness (QED) is 0.809. The van der Waals surface area contributed by atoms with Crippen molar-refractivity contribution in [2.75, 3.05) is 6.54 Å². The van der Waals surface area contributed by atoms with Crippen molar-refractivity contribution in [3.05, 3.63) is 35.9 Å². The molecule has 2 aliphatic rings. The number of piperidine rings is 1. The first-order valence-corrected chi connectivity index (χ1v) is 9.81. The highest BCUT2D eigenvalue weighted by molar-refractivity contribution is 6.08. The molecule has 0 saturated carbocycles. The van der Waals surface area contributed by atoms with Crippen LogP contribution in [-0.4, -0.2) is 51.8 Å². The van der Waals surface area contributed by atoms with Crippen LogP contribution in [0.2, 0.25) is 0 Å². The summed E-state index contributed by atoms with van der Waals surface area (Å²) in [4.78, 5) is 41.1. The molecular weight excluding hydrogens is 342 g/mol. The SMILES string of the molecule is C[C@@H]1CCC[C@@H](C)N1C(=O)CN1C(=O)N[C@](C)(CCc2ccccc2)C1=O. The molecule has 0 radical (unpaired) electrons. The van der Waals surface area contributed by atoms with Gasteiger partial charge in [-0.1, -0.05) is 30.3 Å². The molecule has 1 N–H and O–H groups in total. The minimum atomic E-state index is -0.966. The number of hydrogen-bond donors (Lipinski definition) is 1. The number of rotatable bonds is 5. The van der Waals surface area contributed by atoms with E-state index in [1.165, 1.54) is 0 Å². The fourth-order valence-electron chi connectivity index (χ4n) is 4.23. The summed E-state index contributed by atoms with van der Waals surface area (Å²) in [6.07, 6.45) is 4.22. The number of carbonyl (C=O) groups is 3. The van der Waals surface area contributed by atoms with Gasteiger partial charge in [0.25, 0.3) is 5.91 Å². The lowest BCUT2D eigenvalue weighted by atomic mass is 9.93. The summed E-state index contributed by atoms with van der Waals surface area (Å²) >= 11 is 0. The number of aryl methyl sites for hydroxylation is 1. The summed E-state index contributed by atoms with van der Waals surface area (Å²) in [6, 6.07) is 9.69. The standard InChI is InChI=1S/C21H29N3O3/c1-15-8-7-9-16(2)24(15)18(25)14-23-19(26)21(3,22-20(23)27)13-12-17-10-5-4-6-11-17/h4-6,10-11,15-16H,7-9,12-14H2,1-3H3,(H,22,27)/t15-,16-,21-/m1/s1. The first-order valence-electron chi connectivity index (χ1n) is 9.81. The Balaban J connectivity index is 1.65. The van der Waals surface area contributed by atoms with Crippen LogP contribution in [0.4, 0.5) is 4.79 Å². The van der Waals surface area contributed by atoms with Gasteiger partial charge in [0.1, 0.15) is 12.1 Å². The Labute approximate surface area is 160 Å². The molecule has 0 aliphatic carbocycles. The molecule has 146 valence electrons. The predicted molar refractivity (Wildman–Crippen MR) is 103 cm³/mol. The fourth-order valence-corrected chi connectivity index (χ4v) is 4.23. The molecule has 2 aliphatic heterocycles. The number of nitrogens with zero attached hydrogens (tertiary/aromatic N) is 2. The van der Waals surface area contributed by atoms with Crippen molar-refractivity contribution in [3.8, 4) is 0 Å². The van der Waals surface area contributed by atoms with Gasteiger partial charge in [-0.2, -0.15) is 0 Å². The summed E-state index contributed by atoms with van der Waals surface area (Å²) < 4.78 is 0. The minimum absolute atomic E-state index is 0.145. The first kappa shape index (κ1) is 19.4. The Morgan fingerprint density at radius 1 is 1.15 bits per heavy atom. The summed E-state index contributed by atoms with van der Waals surface area (Å²) in [5.74, 6) is -0.459. The number of benzene rings is 1. The highest BCUT2D eigenvalue weighted by atomic mass is 16.2. The Morgan fingerprint density at radius 3 is 2.41 bits per heavy atom. The molecule has 2 fully saturated rings. The summed E-state index contributed by atoms with van der Waals surface area (Å²) in [6.45, 7) is 5.62. The Kier molecular flexibility index (Phi) is 5.53. The third-order valence-electron chi connectivity index (χ3n) is 5.88. The van der Waals surface area contributed by atoms with Crippen LogP contribution in [0.5, 0.6) is 0 Å². The molecule has 4 amide bonds. The van der Waals surface area contributed by atoms with Crippen molar-refractivity contribution in [1.29, 1.82) is 0 Å². The van der Waals surface area contributed by atoms with Gasteiger partial charge in [0, 0.05) is 12.1 Å². The van der Waals surface area contributed by atoms with E-state index >= 15 is 0 Å². The Morgan fingerprint density at radius 2 is 1.78 bits per heavy atom. The van der Waals surface area contributed by atoms with Crippen LogP contribution in [0.15, 0.2) is 30.3 Å². The molecule has 0 unspecified atom stereocenters. The van der Waals surface area contributed by atoms with Crippen LogP contribution in [0.25, 0.3) is 0 Å². The van der Waals surface area contributed by atoms with E-state index in [-0.39, 0.29) is 30.4 Å². The van der Waals surface area contributed by atoms with E-state index in [2.05, 4.69) is 5.32 Å². The maximum absolute atomic E-state index is 12.9. The Hall–Kier alpha value is -2.37. The van der Waals surface area contributed by atoms with Crippen LogP contribution in [0, 0.1) is 0 Å². The zero-order valence-corrected chi connectivity index (χ0v) is 16.4. The second-order valence-corrected chi connectivity index (χ2v) is 8.07. The summed E-state index contributed by atoms with van der Waals surface area (Å²) in [7, 11) is 0. The lowest BCUT2D eigenvalue weighted by molar-refractivity contribution is -0.142. The number of urea groups is 1. The number of carbonyl (C=O) groups excluding carboxylic acids is 3. The van der Waals surface area contributed by atoms with Crippen molar-refractivity contribution in [2.45, 2.75) is 70.5 Å². The number of hydrogen-bond acceptors (Lipinski definition) is 3. The van der Waals surface area contributed by atoms with Crippen molar-refractivity contribution >= 4 is 17.8 Å². The van der Waals surface area contributed by atoms with E-state index in [0.29, 0.717) is 12.8 Å². The topological polar surface area (TPSA) is 69.7 Å². The summed E-state index contributed by atoms with van der Waals surface area (Å²) in [5, 5.41) is 2.80. The van der Waals surface area contributed by atoms with Gasteiger partial charge in [-0.05, 0) is 58.4 Å². The van der Waals surface area contributed by atoms with Gasteiger partial charge in [0.2, 0.25) is 5.91 Å².